The Morgan fingerprint density at radius 3 is 2.44 bits per heavy atom. The Bertz CT molecular complexity index is 389. The Morgan fingerprint density at radius 2 is 1.83 bits per heavy atom. The van der Waals surface area contributed by atoms with Gasteiger partial charge in [-0.05, 0) is 18.2 Å². The highest BCUT2D eigenvalue weighted by molar-refractivity contribution is 5.84. The zero-order valence-electron chi connectivity index (χ0n) is 10.4. The van der Waals surface area contributed by atoms with Gasteiger partial charge in [-0.1, -0.05) is 26.0 Å². The summed E-state index contributed by atoms with van der Waals surface area (Å²) in [6, 6.07) is 9.58. The molecule has 0 unspecified atom stereocenters. The summed E-state index contributed by atoms with van der Waals surface area (Å²) in [7, 11) is 0. The minimum absolute atomic E-state index is 0.0310. The van der Waals surface area contributed by atoms with Crippen LogP contribution in [0.2, 0.25) is 0 Å². The van der Waals surface area contributed by atoms with Crippen molar-refractivity contribution in [1.82, 2.24) is 0 Å². The van der Waals surface area contributed by atoms with Crippen molar-refractivity contribution >= 4 is 17.7 Å². The van der Waals surface area contributed by atoms with Crippen molar-refractivity contribution in [2.24, 2.45) is 5.92 Å². The van der Waals surface area contributed by atoms with E-state index in [2.05, 4.69) is 11.4 Å². The van der Waals surface area contributed by atoms with Gasteiger partial charge in [0.15, 0.2) is 0 Å². The SMILES string of the molecule is CC(C)C(=O)OCCOC(=O)Nc1cc[c]cc1. The molecule has 0 aliphatic heterocycles. The Labute approximate surface area is 106 Å². The van der Waals surface area contributed by atoms with Crippen LogP contribution in [0.5, 0.6) is 0 Å². The number of rotatable bonds is 5. The van der Waals surface area contributed by atoms with Crippen LogP contribution >= 0.6 is 0 Å². The molecule has 1 N–H and O–H groups in total. The minimum atomic E-state index is -0.582. The van der Waals surface area contributed by atoms with E-state index in [1.165, 1.54) is 0 Å². The van der Waals surface area contributed by atoms with Gasteiger partial charge in [-0.25, -0.2) is 4.79 Å². The molecule has 1 radical (unpaired) electrons. The van der Waals surface area contributed by atoms with Crippen LogP contribution in [-0.4, -0.2) is 25.3 Å². The Kier molecular flexibility index (Phi) is 5.70. The summed E-state index contributed by atoms with van der Waals surface area (Å²) in [4.78, 5) is 22.4. The number of esters is 1. The number of hydrogen-bond donors (Lipinski definition) is 1. The third kappa shape index (κ3) is 5.34. The van der Waals surface area contributed by atoms with E-state index in [0.717, 1.165) is 0 Å². The summed E-state index contributed by atoms with van der Waals surface area (Å²) < 4.78 is 9.69. The molecule has 0 bridgehead atoms. The van der Waals surface area contributed by atoms with Gasteiger partial charge >= 0.3 is 12.1 Å². The number of ether oxygens (including phenoxy) is 2. The van der Waals surface area contributed by atoms with Crippen molar-refractivity contribution in [3.05, 3.63) is 30.3 Å². The average Bonchev–Trinajstić information content (AvgIpc) is 2.35. The standard InChI is InChI=1S/C13H16NO4/c1-10(2)12(15)17-8-9-18-13(16)14-11-6-4-3-5-7-11/h4-7,10H,8-9H2,1-2H3,(H,14,16). The Hall–Kier alpha value is -2.04. The number of carbonyl (C=O) groups excluding carboxylic acids is 2. The first kappa shape index (κ1) is 14.0. The van der Waals surface area contributed by atoms with E-state index >= 15 is 0 Å². The maximum atomic E-state index is 11.3. The second-order valence-corrected chi connectivity index (χ2v) is 3.87. The van der Waals surface area contributed by atoms with Gasteiger partial charge < -0.3 is 9.47 Å². The molecule has 5 heteroatoms. The number of carbonyl (C=O) groups is 2. The molecule has 0 spiro atoms. The maximum absolute atomic E-state index is 11.3. The van der Waals surface area contributed by atoms with Crippen LogP contribution in [0.4, 0.5) is 10.5 Å². The lowest BCUT2D eigenvalue weighted by Crippen LogP contribution is -2.19. The maximum Gasteiger partial charge on any atom is 0.411 e. The summed E-state index contributed by atoms with van der Waals surface area (Å²) in [5, 5.41) is 2.53. The minimum Gasteiger partial charge on any atom is -0.462 e. The fourth-order valence-electron chi connectivity index (χ4n) is 1.07. The molecular formula is C13H16NO4. The van der Waals surface area contributed by atoms with E-state index in [1.54, 1.807) is 38.1 Å². The summed E-state index contributed by atoms with van der Waals surface area (Å²) in [5.74, 6) is -0.489. The fraction of sp³-hybridized carbons (Fsp3) is 0.385. The number of hydrogen-bond acceptors (Lipinski definition) is 4. The molecule has 0 aromatic heterocycles. The first-order valence-corrected chi connectivity index (χ1v) is 5.66. The number of nitrogens with one attached hydrogen (secondary N) is 1. The zero-order valence-corrected chi connectivity index (χ0v) is 10.4. The average molecular weight is 250 g/mol. The van der Waals surface area contributed by atoms with Gasteiger partial charge in [0.1, 0.15) is 13.2 Å². The van der Waals surface area contributed by atoms with Gasteiger partial charge in [0.2, 0.25) is 0 Å². The molecule has 97 valence electrons. The molecule has 0 heterocycles. The van der Waals surface area contributed by atoms with Crippen LogP contribution in [0.3, 0.4) is 0 Å². The molecule has 0 aliphatic rings. The van der Waals surface area contributed by atoms with Gasteiger partial charge in [-0.15, -0.1) is 0 Å². The highest BCUT2D eigenvalue weighted by Gasteiger charge is 2.08. The van der Waals surface area contributed by atoms with E-state index in [-0.39, 0.29) is 25.1 Å². The molecule has 0 fully saturated rings. The van der Waals surface area contributed by atoms with Gasteiger partial charge in [0, 0.05) is 5.69 Å². The summed E-state index contributed by atoms with van der Waals surface area (Å²) >= 11 is 0. The molecule has 1 rings (SSSR count). The topological polar surface area (TPSA) is 64.6 Å². The third-order valence-electron chi connectivity index (χ3n) is 2.00. The van der Waals surface area contributed by atoms with Crippen LogP contribution in [0.15, 0.2) is 24.3 Å². The second-order valence-electron chi connectivity index (χ2n) is 3.87. The molecule has 0 aliphatic carbocycles. The van der Waals surface area contributed by atoms with Crippen molar-refractivity contribution in [2.75, 3.05) is 18.5 Å². The molecule has 0 saturated heterocycles. The second kappa shape index (κ2) is 7.32. The predicted octanol–water partition coefficient (Wildman–Crippen LogP) is 2.23. The third-order valence-corrected chi connectivity index (χ3v) is 2.00. The van der Waals surface area contributed by atoms with E-state index < -0.39 is 6.09 Å². The van der Waals surface area contributed by atoms with Crippen molar-refractivity contribution in [1.29, 1.82) is 0 Å². The number of anilines is 1. The van der Waals surface area contributed by atoms with Crippen molar-refractivity contribution in [3.8, 4) is 0 Å². The zero-order chi connectivity index (χ0) is 13.4. The van der Waals surface area contributed by atoms with Crippen molar-refractivity contribution in [2.45, 2.75) is 13.8 Å². The van der Waals surface area contributed by atoms with Crippen LogP contribution in [0.25, 0.3) is 0 Å². The highest BCUT2D eigenvalue weighted by atomic mass is 16.6. The molecule has 1 amide bonds. The number of amides is 1. The molecule has 1 aromatic carbocycles. The Morgan fingerprint density at radius 1 is 1.22 bits per heavy atom. The smallest absolute Gasteiger partial charge is 0.411 e. The molecule has 0 saturated carbocycles. The van der Waals surface area contributed by atoms with Gasteiger partial charge in [0.25, 0.3) is 0 Å². The van der Waals surface area contributed by atoms with E-state index in [1.807, 2.05) is 0 Å². The van der Waals surface area contributed by atoms with Crippen LogP contribution in [0, 0.1) is 12.0 Å². The molecular weight excluding hydrogens is 234 g/mol. The van der Waals surface area contributed by atoms with E-state index in [0.29, 0.717) is 5.69 Å². The fourth-order valence-corrected chi connectivity index (χ4v) is 1.07. The van der Waals surface area contributed by atoms with Crippen LogP contribution < -0.4 is 5.32 Å². The van der Waals surface area contributed by atoms with Gasteiger partial charge in [-0.3, -0.25) is 10.1 Å². The number of benzene rings is 1. The summed E-state index contributed by atoms with van der Waals surface area (Å²) in [6.45, 7) is 3.57. The predicted molar refractivity (Wildman–Crippen MR) is 66.0 cm³/mol. The first-order valence-electron chi connectivity index (χ1n) is 5.66. The van der Waals surface area contributed by atoms with Crippen LogP contribution in [0.1, 0.15) is 13.8 Å². The summed E-state index contributed by atoms with van der Waals surface area (Å²) in [5.41, 5.74) is 0.623. The lowest BCUT2D eigenvalue weighted by Gasteiger charge is -2.08. The molecule has 1 aromatic rings. The van der Waals surface area contributed by atoms with Crippen molar-refractivity contribution in [3.63, 3.8) is 0 Å². The van der Waals surface area contributed by atoms with Crippen LogP contribution in [-0.2, 0) is 14.3 Å². The van der Waals surface area contributed by atoms with Crippen molar-refractivity contribution < 1.29 is 19.1 Å². The highest BCUT2D eigenvalue weighted by Crippen LogP contribution is 2.04. The van der Waals surface area contributed by atoms with E-state index in [4.69, 9.17) is 9.47 Å². The van der Waals surface area contributed by atoms with Gasteiger partial charge in [-0.2, -0.15) is 0 Å². The normalized spacial score (nSPS) is 9.94. The molecule has 18 heavy (non-hydrogen) atoms. The lowest BCUT2D eigenvalue weighted by molar-refractivity contribution is -0.148. The monoisotopic (exact) mass is 250 g/mol. The molecule has 0 atom stereocenters. The quantitative estimate of drug-likeness (QED) is 0.643. The largest absolute Gasteiger partial charge is 0.462 e. The lowest BCUT2D eigenvalue weighted by atomic mass is 10.2. The van der Waals surface area contributed by atoms with E-state index in [9.17, 15) is 9.59 Å². The molecule has 5 nitrogen and oxygen atoms in total. The Balaban J connectivity index is 2.16. The van der Waals surface area contributed by atoms with Gasteiger partial charge in [0.05, 0.1) is 5.92 Å². The summed E-state index contributed by atoms with van der Waals surface area (Å²) in [6.07, 6.45) is -0.582. The first-order chi connectivity index (χ1) is 8.59.